The van der Waals surface area contributed by atoms with Gasteiger partial charge in [0.25, 0.3) is 0 Å². The smallest absolute Gasteiger partial charge is 0.332 e. The number of aromatic nitrogens is 4. The lowest BCUT2D eigenvalue weighted by atomic mass is 9.98. The van der Waals surface area contributed by atoms with E-state index in [-0.39, 0.29) is 12.6 Å². The molecular weight excluding hydrogens is 457 g/mol. The highest BCUT2D eigenvalue weighted by Gasteiger charge is 2.59. The first-order valence-corrected chi connectivity index (χ1v) is 11.6. The Balaban J connectivity index is 0.000000535. The second-order valence-electron chi connectivity index (χ2n) is 7.24. The number of ether oxygens (including phenoxy) is 1. The van der Waals surface area contributed by atoms with Crippen LogP contribution in [0.5, 0.6) is 0 Å². The average Bonchev–Trinajstić information content (AvgIpc) is 3.18. The number of nitrogens with zero attached hydrogens (tertiary/aromatic N) is 5. The zero-order valence-electron chi connectivity index (χ0n) is 16.7. The monoisotopic (exact) mass is 480 g/mol. The van der Waals surface area contributed by atoms with Crippen LogP contribution in [0, 0.1) is 0 Å². The van der Waals surface area contributed by atoms with Crippen LogP contribution in [-0.4, -0.2) is 78.9 Å². The number of nitrogen functional groups attached to an aromatic ring is 1. The number of alkyl halides is 1. The van der Waals surface area contributed by atoms with Gasteiger partial charge in [-0.1, -0.05) is 0 Å². The molecule has 0 aromatic carbocycles. The molecule has 5 atom stereocenters. The van der Waals surface area contributed by atoms with Gasteiger partial charge < -0.3 is 43.6 Å². The molecule has 3 fully saturated rings. The van der Waals surface area contributed by atoms with Gasteiger partial charge in [-0.15, -0.1) is 0 Å². The highest BCUT2D eigenvalue weighted by atomic mass is 31.2. The first kappa shape index (κ1) is 22.8. The number of hydrogen-bond donors (Lipinski definition) is 4. The third-order valence-electron chi connectivity index (χ3n) is 5.20. The van der Waals surface area contributed by atoms with E-state index in [1.165, 1.54) is 20.4 Å². The molecule has 3 aliphatic rings. The Hall–Kier alpha value is -1.34. The molecule has 0 aliphatic carbocycles. The highest BCUT2D eigenvalue weighted by Crippen LogP contribution is 2.54. The van der Waals surface area contributed by atoms with Crippen LogP contribution in [0.3, 0.4) is 0 Å². The molecule has 0 radical (unpaired) electrons. The van der Waals surface area contributed by atoms with Gasteiger partial charge in [0.1, 0.15) is 12.2 Å². The molecule has 1 unspecified atom stereocenters. The molecule has 0 bridgehead atoms. The highest BCUT2D eigenvalue weighted by molar-refractivity contribution is 7.41. The van der Waals surface area contributed by atoms with E-state index in [0.717, 1.165) is 19.5 Å². The summed E-state index contributed by atoms with van der Waals surface area (Å²) in [5.41, 5.74) is 5.09. The Morgan fingerprint density at radius 2 is 2.06 bits per heavy atom. The molecule has 2 aromatic heterocycles. The van der Waals surface area contributed by atoms with Crippen LogP contribution >= 0.6 is 17.2 Å². The lowest BCUT2D eigenvalue weighted by Gasteiger charge is -2.33. The van der Waals surface area contributed by atoms with Gasteiger partial charge in [-0.25, -0.2) is 9.37 Å². The van der Waals surface area contributed by atoms with Gasteiger partial charge in [0.2, 0.25) is 5.95 Å². The van der Waals surface area contributed by atoms with Crippen LogP contribution in [0.25, 0.3) is 11.2 Å². The maximum atomic E-state index is 15.8. The van der Waals surface area contributed by atoms with E-state index in [0.29, 0.717) is 17.0 Å². The Bertz CT molecular complexity index is 930. The van der Waals surface area contributed by atoms with E-state index in [1.807, 2.05) is 0 Å². The molecule has 0 saturated carbocycles. The van der Waals surface area contributed by atoms with Crippen molar-refractivity contribution in [2.75, 3.05) is 37.4 Å². The number of rotatable bonds is 3. The van der Waals surface area contributed by atoms with Crippen molar-refractivity contribution in [3.05, 3.63) is 6.33 Å². The first-order chi connectivity index (χ1) is 14.7. The normalized spacial score (nSPS) is 32.5. The summed E-state index contributed by atoms with van der Waals surface area (Å²) in [6.45, 7) is 3.41. The van der Waals surface area contributed by atoms with Crippen LogP contribution in [-0.2, 0) is 18.3 Å². The summed E-state index contributed by atoms with van der Waals surface area (Å²) in [4.78, 5) is 36.8. The van der Waals surface area contributed by atoms with Crippen molar-refractivity contribution in [3.63, 3.8) is 0 Å². The minimum absolute atomic E-state index is 0.115. The quantitative estimate of drug-likeness (QED) is 0.455. The van der Waals surface area contributed by atoms with E-state index in [2.05, 4.69) is 19.9 Å². The third-order valence-corrected chi connectivity index (χ3v) is 6.26. The number of anilines is 2. The Morgan fingerprint density at radius 1 is 1.35 bits per heavy atom. The summed E-state index contributed by atoms with van der Waals surface area (Å²) in [5, 5.41) is 0. The average molecular weight is 480 g/mol. The largest absolute Gasteiger partial charge is 0.368 e. The lowest BCUT2D eigenvalue weighted by molar-refractivity contribution is -0.0611. The predicted octanol–water partition coefficient (Wildman–Crippen LogP) is 0.723. The fourth-order valence-corrected chi connectivity index (χ4v) is 4.75. The van der Waals surface area contributed by atoms with Crippen molar-refractivity contribution >= 4 is 40.1 Å². The van der Waals surface area contributed by atoms with Crippen LogP contribution in [0.1, 0.15) is 19.6 Å². The molecule has 3 aliphatic heterocycles. The van der Waals surface area contributed by atoms with Gasteiger partial charge in [-0.05, 0) is 13.3 Å². The molecule has 0 amide bonds. The summed E-state index contributed by atoms with van der Waals surface area (Å²) in [6.07, 6.45) is 0.261. The van der Waals surface area contributed by atoms with Gasteiger partial charge in [0, 0.05) is 20.2 Å². The minimum Gasteiger partial charge on any atom is -0.368 e. The fraction of sp³-hybridized carbons (Fsp3) is 0.667. The van der Waals surface area contributed by atoms with E-state index < -0.39 is 41.3 Å². The SMILES string of the molecule is COP1OC[C@H]2O[C@@H](n3cnc4c(N5CCC5)nc(N)nc43)[C@](C)(F)[C@@H]2O1.OP(O)O. The van der Waals surface area contributed by atoms with Gasteiger partial charge in [0.15, 0.2) is 28.9 Å². The Kier molecular flexibility index (Phi) is 6.55. The Labute approximate surface area is 178 Å². The Morgan fingerprint density at radius 3 is 2.68 bits per heavy atom. The number of nitrogens with two attached hydrogens (primary N) is 1. The third kappa shape index (κ3) is 4.32. The molecule has 16 heteroatoms. The zero-order chi connectivity index (χ0) is 22.3. The molecule has 172 valence electrons. The fourth-order valence-electron chi connectivity index (χ4n) is 3.70. The first-order valence-electron chi connectivity index (χ1n) is 9.32. The van der Waals surface area contributed by atoms with Crippen molar-refractivity contribution in [1.29, 1.82) is 0 Å². The second-order valence-corrected chi connectivity index (χ2v) is 9.06. The van der Waals surface area contributed by atoms with E-state index in [9.17, 15) is 0 Å². The molecule has 5 rings (SSSR count). The van der Waals surface area contributed by atoms with E-state index >= 15 is 4.39 Å². The number of imidazole rings is 1. The van der Waals surface area contributed by atoms with Crippen LogP contribution in [0.4, 0.5) is 16.2 Å². The van der Waals surface area contributed by atoms with Crippen LogP contribution in [0.15, 0.2) is 6.33 Å². The van der Waals surface area contributed by atoms with Crippen molar-refractivity contribution in [3.8, 4) is 0 Å². The maximum absolute atomic E-state index is 15.8. The lowest BCUT2D eigenvalue weighted by Crippen LogP contribution is -2.44. The second kappa shape index (κ2) is 8.89. The van der Waals surface area contributed by atoms with Crippen LogP contribution < -0.4 is 10.6 Å². The van der Waals surface area contributed by atoms with Crippen molar-refractivity contribution in [2.24, 2.45) is 0 Å². The topological polar surface area (TPSA) is 170 Å². The molecule has 13 nitrogen and oxygen atoms in total. The summed E-state index contributed by atoms with van der Waals surface area (Å²) >= 11 is 0. The van der Waals surface area contributed by atoms with E-state index in [1.54, 1.807) is 4.57 Å². The van der Waals surface area contributed by atoms with E-state index in [4.69, 9.17) is 38.7 Å². The predicted molar refractivity (Wildman–Crippen MR) is 108 cm³/mol. The van der Waals surface area contributed by atoms with Crippen molar-refractivity contribution < 1.29 is 37.4 Å². The van der Waals surface area contributed by atoms with Gasteiger partial charge in [-0.3, -0.25) is 4.57 Å². The number of fused-ring (bicyclic) bond motifs is 2. The summed E-state index contributed by atoms with van der Waals surface area (Å²) in [6, 6.07) is 0. The molecule has 5 heterocycles. The van der Waals surface area contributed by atoms with Gasteiger partial charge >= 0.3 is 17.2 Å². The zero-order valence-corrected chi connectivity index (χ0v) is 18.5. The van der Waals surface area contributed by atoms with Gasteiger partial charge in [-0.2, -0.15) is 9.97 Å². The van der Waals surface area contributed by atoms with Crippen molar-refractivity contribution in [1.82, 2.24) is 19.5 Å². The summed E-state index contributed by atoms with van der Waals surface area (Å²) in [5.74, 6) is 0.783. The summed E-state index contributed by atoms with van der Waals surface area (Å²) < 4.78 is 39.5. The van der Waals surface area contributed by atoms with Crippen molar-refractivity contribution in [2.45, 2.75) is 37.4 Å². The molecule has 3 saturated heterocycles. The minimum atomic E-state index is -2.62. The molecule has 5 N–H and O–H groups in total. The molecule has 0 spiro atoms. The van der Waals surface area contributed by atoms with Gasteiger partial charge in [0.05, 0.1) is 12.9 Å². The summed E-state index contributed by atoms with van der Waals surface area (Å²) in [7, 11) is -2.73. The molecule has 31 heavy (non-hydrogen) atoms. The number of halogens is 1. The maximum Gasteiger partial charge on any atom is 0.332 e. The molecule has 2 aromatic rings. The standard InChI is InChI=1S/C15H20FN6O4P.H3O3P/c1-15(16)10-8(6-24-27(23-2)26-10)25-13(15)22-7-18-9-11(21-4-3-5-21)19-14(17)20-12(9)22;1-4(2)3/h7-8,10,13H,3-6H2,1-2H3,(H2,17,19,20);1-3H/t8-,10-,13-,15-,27?;/m1./s1. The number of hydrogen-bond acceptors (Lipinski definition) is 12. The molecular formula is C15H23FN6O7P2. The van der Waals surface area contributed by atoms with Crippen LogP contribution in [0.2, 0.25) is 0 Å².